The van der Waals surface area contributed by atoms with Crippen LogP contribution in [0.5, 0.6) is 0 Å². The van der Waals surface area contributed by atoms with Crippen LogP contribution in [0.15, 0.2) is 47.4 Å². The fraction of sp³-hybridized carbons (Fsp3) is 0.200. The number of aromatic amines is 1. The highest BCUT2D eigenvalue weighted by Gasteiger charge is 2.03. The number of nitrogens with one attached hydrogen (secondary N) is 2. The number of H-pyrrole nitrogens is 1. The molecule has 0 aliphatic heterocycles. The molecule has 0 spiro atoms. The lowest BCUT2D eigenvalue weighted by Gasteiger charge is -2.04. The summed E-state index contributed by atoms with van der Waals surface area (Å²) in [6.45, 7) is 3.94. The summed E-state index contributed by atoms with van der Waals surface area (Å²) in [5, 5.41) is 15.6. The van der Waals surface area contributed by atoms with Crippen LogP contribution in [0.1, 0.15) is 23.6 Å². The molecule has 0 aliphatic carbocycles. The van der Waals surface area contributed by atoms with Gasteiger partial charge in [0.1, 0.15) is 0 Å². The number of rotatable bonds is 2. The van der Waals surface area contributed by atoms with E-state index in [4.69, 9.17) is 10.5 Å². The number of aryl methyl sites for hydroxylation is 1. The van der Waals surface area contributed by atoms with Crippen molar-refractivity contribution in [3.8, 4) is 0 Å². The van der Waals surface area contributed by atoms with Crippen molar-refractivity contribution in [2.24, 2.45) is 0 Å². The number of hydrogen-bond acceptors (Lipinski definition) is 3. The molecule has 0 saturated carbocycles. The zero-order chi connectivity index (χ0) is 14.3. The van der Waals surface area contributed by atoms with E-state index in [1.165, 1.54) is 6.07 Å². The molecular weight excluding hydrogens is 240 g/mol. The van der Waals surface area contributed by atoms with E-state index in [1.807, 2.05) is 31.2 Å². The molecular formula is C15H18N2O2. The Balaban J connectivity index is 0.000000550. The van der Waals surface area contributed by atoms with Crippen molar-refractivity contribution in [2.75, 3.05) is 6.61 Å². The van der Waals surface area contributed by atoms with Gasteiger partial charge in [0, 0.05) is 30.0 Å². The molecule has 1 heterocycles. The predicted molar refractivity (Wildman–Crippen MR) is 76.9 cm³/mol. The van der Waals surface area contributed by atoms with E-state index in [0.29, 0.717) is 11.3 Å². The summed E-state index contributed by atoms with van der Waals surface area (Å²) in [4.78, 5) is 13.5. The molecule has 3 N–H and O–H groups in total. The minimum atomic E-state index is -0.152. The standard InChI is InChI=1S/C13H12N2O.C2H6O/c1-9-2-4-10(5-3-9)13(14)11-6-7-12(16)15-8-11;1-2-3/h2-8,14H,1H3,(H,15,16);3H,2H2,1H3. The van der Waals surface area contributed by atoms with E-state index >= 15 is 0 Å². The lowest BCUT2D eigenvalue weighted by atomic mass is 10.0. The molecule has 0 radical (unpaired) electrons. The Labute approximate surface area is 112 Å². The van der Waals surface area contributed by atoms with Gasteiger partial charge in [0.25, 0.3) is 0 Å². The molecule has 0 saturated heterocycles. The fourth-order valence-corrected chi connectivity index (χ4v) is 1.45. The van der Waals surface area contributed by atoms with Crippen LogP contribution in [-0.4, -0.2) is 22.4 Å². The third-order valence-electron chi connectivity index (χ3n) is 2.41. The van der Waals surface area contributed by atoms with E-state index < -0.39 is 0 Å². The number of aliphatic hydroxyl groups excluding tert-OH is 1. The molecule has 0 aliphatic rings. The van der Waals surface area contributed by atoms with Crippen LogP contribution in [0.3, 0.4) is 0 Å². The van der Waals surface area contributed by atoms with Crippen molar-refractivity contribution < 1.29 is 5.11 Å². The van der Waals surface area contributed by atoms with Gasteiger partial charge in [0.15, 0.2) is 0 Å². The lowest BCUT2D eigenvalue weighted by Crippen LogP contribution is -2.07. The summed E-state index contributed by atoms with van der Waals surface area (Å²) in [6.07, 6.45) is 1.56. The zero-order valence-electron chi connectivity index (χ0n) is 11.1. The molecule has 1 aromatic heterocycles. The average Bonchev–Trinajstić information content (AvgIpc) is 2.41. The van der Waals surface area contributed by atoms with Crippen LogP contribution < -0.4 is 5.56 Å². The maximum atomic E-state index is 10.9. The SMILES string of the molecule is CCO.Cc1ccc(C(=N)c2ccc(=O)[nH]c2)cc1. The number of benzene rings is 1. The largest absolute Gasteiger partial charge is 0.397 e. The Morgan fingerprint density at radius 2 is 1.68 bits per heavy atom. The summed E-state index contributed by atoms with van der Waals surface area (Å²) in [6, 6.07) is 10.8. The predicted octanol–water partition coefficient (Wildman–Crippen LogP) is 2.10. The van der Waals surface area contributed by atoms with Gasteiger partial charge in [-0.1, -0.05) is 29.8 Å². The molecule has 4 heteroatoms. The van der Waals surface area contributed by atoms with Crippen LogP contribution in [-0.2, 0) is 0 Å². The highest BCUT2D eigenvalue weighted by atomic mass is 16.2. The second kappa shape index (κ2) is 7.28. The van der Waals surface area contributed by atoms with E-state index in [9.17, 15) is 4.79 Å². The van der Waals surface area contributed by atoms with Crippen LogP contribution in [0.2, 0.25) is 0 Å². The van der Waals surface area contributed by atoms with Gasteiger partial charge in [-0.25, -0.2) is 0 Å². The molecule has 2 rings (SSSR count). The first-order valence-corrected chi connectivity index (χ1v) is 6.04. The Morgan fingerprint density at radius 3 is 2.16 bits per heavy atom. The minimum Gasteiger partial charge on any atom is -0.397 e. The van der Waals surface area contributed by atoms with Gasteiger partial charge in [-0.2, -0.15) is 0 Å². The monoisotopic (exact) mass is 258 g/mol. The van der Waals surface area contributed by atoms with Crippen molar-refractivity contribution in [2.45, 2.75) is 13.8 Å². The van der Waals surface area contributed by atoms with Crippen molar-refractivity contribution in [3.05, 3.63) is 69.6 Å². The summed E-state index contributed by atoms with van der Waals surface area (Å²) in [5.41, 5.74) is 2.98. The van der Waals surface area contributed by atoms with Gasteiger partial charge in [-0.3, -0.25) is 10.2 Å². The molecule has 2 aromatic rings. The normalized spacial score (nSPS) is 9.42. The van der Waals surface area contributed by atoms with Crippen molar-refractivity contribution in [3.63, 3.8) is 0 Å². The first-order chi connectivity index (χ1) is 9.08. The number of aliphatic hydroxyl groups is 1. The Hall–Kier alpha value is -2.20. The van der Waals surface area contributed by atoms with Gasteiger partial charge in [0.05, 0.1) is 5.71 Å². The molecule has 1 aromatic carbocycles. The third-order valence-corrected chi connectivity index (χ3v) is 2.41. The summed E-state index contributed by atoms with van der Waals surface area (Å²) in [5.74, 6) is 0. The molecule has 4 nitrogen and oxygen atoms in total. The van der Waals surface area contributed by atoms with Crippen LogP contribution in [0, 0.1) is 12.3 Å². The Morgan fingerprint density at radius 1 is 1.16 bits per heavy atom. The van der Waals surface area contributed by atoms with Crippen LogP contribution in [0.25, 0.3) is 0 Å². The highest BCUT2D eigenvalue weighted by Crippen LogP contribution is 2.08. The van der Waals surface area contributed by atoms with Crippen molar-refractivity contribution in [1.82, 2.24) is 4.98 Å². The molecule has 0 bridgehead atoms. The number of hydrogen-bond donors (Lipinski definition) is 3. The number of aromatic nitrogens is 1. The summed E-state index contributed by atoms with van der Waals surface area (Å²) >= 11 is 0. The second-order valence-corrected chi connectivity index (χ2v) is 4.00. The lowest BCUT2D eigenvalue weighted by molar-refractivity contribution is 0.318. The van der Waals surface area contributed by atoms with E-state index in [2.05, 4.69) is 4.98 Å². The maximum absolute atomic E-state index is 10.9. The smallest absolute Gasteiger partial charge is 0.247 e. The summed E-state index contributed by atoms with van der Waals surface area (Å²) in [7, 11) is 0. The topological polar surface area (TPSA) is 76.9 Å². The molecule has 0 unspecified atom stereocenters. The van der Waals surface area contributed by atoms with Gasteiger partial charge in [0.2, 0.25) is 5.56 Å². The van der Waals surface area contributed by atoms with E-state index in [0.717, 1.165) is 11.1 Å². The fourth-order valence-electron chi connectivity index (χ4n) is 1.45. The van der Waals surface area contributed by atoms with Crippen LogP contribution >= 0.6 is 0 Å². The van der Waals surface area contributed by atoms with Gasteiger partial charge < -0.3 is 10.1 Å². The summed E-state index contributed by atoms with van der Waals surface area (Å²) < 4.78 is 0. The Bertz CT molecular complexity index is 565. The molecule has 0 fully saturated rings. The van der Waals surface area contributed by atoms with Gasteiger partial charge in [-0.15, -0.1) is 0 Å². The Kier molecular flexibility index (Phi) is 5.70. The highest BCUT2D eigenvalue weighted by molar-refractivity contribution is 6.10. The molecule has 19 heavy (non-hydrogen) atoms. The average molecular weight is 258 g/mol. The first-order valence-electron chi connectivity index (χ1n) is 6.04. The van der Waals surface area contributed by atoms with Crippen LogP contribution in [0.4, 0.5) is 0 Å². The van der Waals surface area contributed by atoms with E-state index in [1.54, 1.807) is 19.2 Å². The van der Waals surface area contributed by atoms with Gasteiger partial charge >= 0.3 is 0 Å². The quantitative estimate of drug-likeness (QED) is 0.721. The van der Waals surface area contributed by atoms with Gasteiger partial charge in [-0.05, 0) is 19.9 Å². The van der Waals surface area contributed by atoms with E-state index in [-0.39, 0.29) is 12.2 Å². The zero-order valence-corrected chi connectivity index (χ0v) is 11.1. The first kappa shape index (κ1) is 14.9. The second-order valence-electron chi connectivity index (χ2n) is 4.00. The minimum absolute atomic E-state index is 0.152. The molecule has 0 atom stereocenters. The van der Waals surface area contributed by atoms with Crippen molar-refractivity contribution >= 4 is 5.71 Å². The van der Waals surface area contributed by atoms with Crippen molar-refractivity contribution in [1.29, 1.82) is 5.41 Å². The number of pyridine rings is 1. The molecule has 0 amide bonds. The maximum Gasteiger partial charge on any atom is 0.247 e. The third kappa shape index (κ3) is 4.52. The molecule has 100 valence electrons.